The molecule has 0 heterocycles. The minimum Gasteiger partial charge on any atom is -0.493 e. The van der Waals surface area contributed by atoms with E-state index in [4.69, 9.17) is 9.47 Å². The van der Waals surface area contributed by atoms with Gasteiger partial charge in [0.15, 0.2) is 11.5 Å². The fourth-order valence-corrected chi connectivity index (χ4v) is 3.03. The normalized spacial score (nSPS) is 13.0. The number of hydrogen-bond acceptors (Lipinski definition) is 4. The molecule has 2 aromatic rings. The second-order valence-corrected chi connectivity index (χ2v) is 6.49. The van der Waals surface area contributed by atoms with Gasteiger partial charge < -0.3 is 20.1 Å². The summed E-state index contributed by atoms with van der Waals surface area (Å²) in [6.45, 7) is 5.79. The van der Waals surface area contributed by atoms with Gasteiger partial charge in [-0.2, -0.15) is 0 Å². The summed E-state index contributed by atoms with van der Waals surface area (Å²) in [5.74, 6) is 1.41. The summed E-state index contributed by atoms with van der Waals surface area (Å²) in [4.78, 5) is 11.2. The van der Waals surface area contributed by atoms with Gasteiger partial charge in [0, 0.05) is 24.7 Å². The number of rotatable bonds is 8. The third-order valence-corrected chi connectivity index (χ3v) is 4.23. The van der Waals surface area contributed by atoms with Gasteiger partial charge in [0.2, 0.25) is 5.91 Å². The van der Waals surface area contributed by atoms with Crippen molar-refractivity contribution < 1.29 is 14.3 Å². The Bertz CT molecular complexity index is 746. The van der Waals surface area contributed by atoms with Crippen LogP contribution >= 0.6 is 0 Å². The van der Waals surface area contributed by atoms with Gasteiger partial charge in [0.25, 0.3) is 0 Å². The average molecular weight is 356 g/mol. The van der Waals surface area contributed by atoms with Gasteiger partial charge >= 0.3 is 0 Å². The lowest BCUT2D eigenvalue weighted by atomic mass is 10.0. The Kier molecular flexibility index (Phi) is 7.04. The second kappa shape index (κ2) is 9.25. The fourth-order valence-electron chi connectivity index (χ4n) is 3.03. The minimum absolute atomic E-state index is 0.0652. The van der Waals surface area contributed by atoms with E-state index in [1.54, 1.807) is 14.2 Å². The molecule has 0 saturated carbocycles. The molecule has 0 saturated heterocycles. The van der Waals surface area contributed by atoms with Crippen LogP contribution in [0.4, 0.5) is 5.69 Å². The summed E-state index contributed by atoms with van der Waals surface area (Å²) in [5, 5.41) is 6.43. The van der Waals surface area contributed by atoms with Crippen LogP contribution in [-0.2, 0) is 11.2 Å². The van der Waals surface area contributed by atoms with Crippen molar-refractivity contribution in [1.29, 1.82) is 0 Å². The topological polar surface area (TPSA) is 59.6 Å². The maximum absolute atomic E-state index is 11.2. The average Bonchev–Trinajstić information content (AvgIpc) is 2.61. The zero-order valence-corrected chi connectivity index (χ0v) is 16.1. The SMILES string of the molecule is COc1ccc(CC(C)NC(C)c2cccc(NC(C)=O)c2)cc1OC. The van der Waals surface area contributed by atoms with E-state index in [9.17, 15) is 4.79 Å². The molecule has 0 aliphatic heterocycles. The summed E-state index contributed by atoms with van der Waals surface area (Å²) in [5.41, 5.74) is 3.13. The summed E-state index contributed by atoms with van der Waals surface area (Å²) in [7, 11) is 3.28. The number of anilines is 1. The number of hydrogen-bond donors (Lipinski definition) is 2. The lowest BCUT2D eigenvalue weighted by Gasteiger charge is -2.21. The highest BCUT2D eigenvalue weighted by Crippen LogP contribution is 2.28. The van der Waals surface area contributed by atoms with Gasteiger partial charge in [-0.1, -0.05) is 18.2 Å². The Morgan fingerprint density at radius 1 is 1.04 bits per heavy atom. The van der Waals surface area contributed by atoms with Gasteiger partial charge in [0.1, 0.15) is 0 Å². The van der Waals surface area contributed by atoms with Crippen molar-refractivity contribution in [3.8, 4) is 11.5 Å². The van der Waals surface area contributed by atoms with Crippen LogP contribution in [0.1, 0.15) is 37.9 Å². The van der Waals surface area contributed by atoms with Crippen LogP contribution in [-0.4, -0.2) is 26.2 Å². The van der Waals surface area contributed by atoms with E-state index >= 15 is 0 Å². The Labute approximate surface area is 155 Å². The van der Waals surface area contributed by atoms with E-state index < -0.39 is 0 Å². The molecule has 2 rings (SSSR count). The lowest BCUT2D eigenvalue weighted by molar-refractivity contribution is -0.114. The quantitative estimate of drug-likeness (QED) is 0.752. The first-order valence-electron chi connectivity index (χ1n) is 8.77. The van der Waals surface area contributed by atoms with Gasteiger partial charge in [-0.15, -0.1) is 0 Å². The van der Waals surface area contributed by atoms with Gasteiger partial charge in [-0.3, -0.25) is 4.79 Å². The summed E-state index contributed by atoms with van der Waals surface area (Å²) in [6.07, 6.45) is 0.871. The van der Waals surface area contributed by atoms with E-state index in [0.717, 1.165) is 29.2 Å². The molecule has 0 bridgehead atoms. The van der Waals surface area contributed by atoms with E-state index in [0.29, 0.717) is 0 Å². The molecular formula is C21H28N2O3. The lowest BCUT2D eigenvalue weighted by Crippen LogP contribution is -2.30. The van der Waals surface area contributed by atoms with Crippen molar-refractivity contribution in [1.82, 2.24) is 5.32 Å². The smallest absolute Gasteiger partial charge is 0.221 e. The molecule has 2 unspecified atom stereocenters. The largest absolute Gasteiger partial charge is 0.493 e. The highest BCUT2D eigenvalue weighted by Gasteiger charge is 2.12. The van der Waals surface area contributed by atoms with Crippen LogP contribution in [0.2, 0.25) is 0 Å². The van der Waals surface area contributed by atoms with E-state index in [1.165, 1.54) is 12.5 Å². The van der Waals surface area contributed by atoms with Crippen molar-refractivity contribution in [2.45, 2.75) is 39.3 Å². The van der Waals surface area contributed by atoms with E-state index in [1.807, 2.05) is 30.3 Å². The van der Waals surface area contributed by atoms with Crippen molar-refractivity contribution in [3.63, 3.8) is 0 Å². The molecule has 2 atom stereocenters. The van der Waals surface area contributed by atoms with Gasteiger partial charge in [0.05, 0.1) is 14.2 Å². The van der Waals surface area contributed by atoms with Crippen LogP contribution < -0.4 is 20.1 Å². The monoisotopic (exact) mass is 356 g/mol. The third kappa shape index (κ3) is 5.49. The first-order valence-corrected chi connectivity index (χ1v) is 8.77. The predicted octanol–water partition coefficient (Wildman–Crippen LogP) is 3.94. The van der Waals surface area contributed by atoms with Crippen LogP contribution in [0.3, 0.4) is 0 Å². The molecular weight excluding hydrogens is 328 g/mol. The molecule has 0 aliphatic carbocycles. The number of ether oxygens (including phenoxy) is 2. The van der Waals surface area contributed by atoms with Crippen LogP contribution in [0, 0.1) is 0 Å². The molecule has 0 aliphatic rings. The molecule has 2 aromatic carbocycles. The molecule has 26 heavy (non-hydrogen) atoms. The van der Waals surface area contributed by atoms with Crippen molar-refractivity contribution in [2.75, 3.05) is 19.5 Å². The first-order chi connectivity index (χ1) is 12.4. The highest BCUT2D eigenvalue weighted by atomic mass is 16.5. The fraction of sp³-hybridized carbons (Fsp3) is 0.381. The molecule has 0 fully saturated rings. The van der Waals surface area contributed by atoms with Crippen LogP contribution in [0.15, 0.2) is 42.5 Å². The zero-order chi connectivity index (χ0) is 19.1. The summed E-state index contributed by atoms with van der Waals surface area (Å²) >= 11 is 0. The Morgan fingerprint density at radius 2 is 1.77 bits per heavy atom. The Hall–Kier alpha value is -2.53. The Balaban J connectivity index is 2.01. The first kappa shape index (κ1) is 19.8. The maximum Gasteiger partial charge on any atom is 0.221 e. The van der Waals surface area contributed by atoms with Crippen molar-refractivity contribution in [3.05, 3.63) is 53.6 Å². The molecule has 2 N–H and O–H groups in total. The van der Waals surface area contributed by atoms with E-state index in [2.05, 4.69) is 36.6 Å². The number of benzene rings is 2. The Morgan fingerprint density at radius 3 is 2.42 bits per heavy atom. The van der Waals surface area contributed by atoms with E-state index in [-0.39, 0.29) is 18.0 Å². The molecule has 5 nitrogen and oxygen atoms in total. The number of methoxy groups -OCH3 is 2. The van der Waals surface area contributed by atoms with Crippen LogP contribution in [0.5, 0.6) is 11.5 Å². The number of nitrogens with one attached hydrogen (secondary N) is 2. The number of carbonyl (C=O) groups excluding carboxylic acids is 1. The molecule has 1 amide bonds. The third-order valence-electron chi connectivity index (χ3n) is 4.23. The van der Waals surface area contributed by atoms with Crippen molar-refractivity contribution >= 4 is 11.6 Å². The zero-order valence-electron chi connectivity index (χ0n) is 16.1. The maximum atomic E-state index is 11.2. The second-order valence-electron chi connectivity index (χ2n) is 6.49. The van der Waals surface area contributed by atoms with Gasteiger partial charge in [-0.05, 0) is 55.7 Å². The summed E-state index contributed by atoms with van der Waals surface area (Å²) < 4.78 is 10.7. The molecule has 0 aromatic heterocycles. The highest BCUT2D eigenvalue weighted by molar-refractivity contribution is 5.88. The summed E-state index contributed by atoms with van der Waals surface area (Å²) in [6, 6.07) is 14.4. The predicted molar refractivity (Wildman–Crippen MR) is 105 cm³/mol. The number of carbonyl (C=O) groups is 1. The van der Waals surface area contributed by atoms with Crippen LogP contribution in [0.25, 0.3) is 0 Å². The van der Waals surface area contributed by atoms with Crippen molar-refractivity contribution in [2.24, 2.45) is 0 Å². The molecule has 0 radical (unpaired) electrons. The van der Waals surface area contributed by atoms with Gasteiger partial charge in [-0.25, -0.2) is 0 Å². The standard InChI is InChI=1S/C21H28N2O3/c1-14(11-17-9-10-20(25-4)21(12-17)26-5)22-15(2)18-7-6-8-19(13-18)23-16(3)24/h6-10,12-15,22H,11H2,1-5H3,(H,23,24). The minimum atomic E-state index is -0.0652. The molecule has 140 valence electrons. The molecule has 5 heteroatoms. The molecule has 0 spiro atoms. The number of amides is 1.